The van der Waals surface area contributed by atoms with Crippen molar-refractivity contribution in [2.75, 3.05) is 0 Å². The Hall–Kier alpha value is -1.07. The van der Waals surface area contributed by atoms with E-state index in [0.29, 0.717) is 5.25 Å². The van der Waals surface area contributed by atoms with Crippen molar-refractivity contribution in [1.82, 2.24) is 14.6 Å². The van der Waals surface area contributed by atoms with Gasteiger partial charge < -0.3 is 5.73 Å². The van der Waals surface area contributed by atoms with Gasteiger partial charge in [0.05, 0.1) is 0 Å². The lowest BCUT2D eigenvalue weighted by atomic mass is 9.73. The third-order valence-corrected chi connectivity index (χ3v) is 5.47. The van der Waals surface area contributed by atoms with E-state index in [0.717, 1.165) is 17.2 Å². The van der Waals surface area contributed by atoms with Crippen molar-refractivity contribution in [1.29, 1.82) is 0 Å². The number of pyridine rings is 1. The Morgan fingerprint density at radius 3 is 3.05 bits per heavy atom. The predicted octanol–water partition coefficient (Wildman–Crippen LogP) is 2.73. The fourth-order valence-corrected chi connectivity index (χ4v) is 4.20. The Morgan fingerprint density at radius 2 is 2.21 bits per heavy atom. The molecule has 0 aliphatic heterocycles. The van der Waals surface area contributed by atoms with Crippen molar-refractivity contribution in [3.05, 3.63) is 24.4 Å². The summed E-state index contributed by atoms with van der Waals surface area (Å²) in [6, 6.07) is 6.17. The van der Waals surface area contributed by atoms with Crippen LogP contribution in [0.1, 0.15) is 33.1 Å². The van der Waals surface area contributed by atoms with Gasteiger partial charge in [0.15, 0.2) is 10.8 Å². The molecule has 0 spiro atoms. The highest BCUT2D eigenvalue weighted by atomic mass is 32.2. The van der Waals surface area contributed by atoms with Crippen LogP contribution in [0.15, 0.2) is 29.6 Å². The highest BCUT2D eigenvalue weighted by molar-refractivity contribution is 7.99. The zero-order valence-electron chi connectivity index (χ0n) is 11.4. The summed E-state index contributed by atoms with van der Waals surface area (Å²) in [5.74, 6) is 0. The second-order valence-electron chi connectivity index (χ2n) is 5.97. The van der Waals surface area contributed by atoms with Crippen LogP contribution in [0.4, 0.5) is 0 Å². The van der Waals surface area contributed by atoms with Crippen molar-refractivity contribution < 1.29 is 0 Å². The fraction of sp³-hybridized carbons (Fsp3) is 0.571. The molecule has 0 radical (unpaired) electrons. The van der Waals surface area contributed by atoms with E-state index >= 15 is 0 Å². The molecule has 1 aliphatic carbocycles. The molecule has 1 aliphatic rings. The highest BCUT2D eigenvalue weighted by Gasteiger charge is 2.37. The van der Waals surface area contributed by atoms with Gasteiger partial charge in [-0.25, -0.2) is 0 Å². The molecule has 2 heterocycles. The van der Waals surface area contributed by atoms with E-state index in [1.807, 2.05) is 28.8 Å². The Bertz CT molecular complexity index is 578. The summed E-state index contributed by atoms with van der Waals surface area (Å²) >= 11 is 1.78. The summed E-state index contributed by atoms with van der Waals surface area (Å²) in [4.78, 5) is 0. The molecule has 5 heteroatoms. The smallest absolute Gasteiger partial charge is 0.195 e. The Balaban J connectivity index is 1.85. The van der Waals surface area contributed by atoms with Gasteiger partial charge in [-0.2, -0.15) is 0 Å². The molecule has 1 fully saturated rings. The molecule has 2 aromatic rings. The van der Waals surface area contributed by atoms with E-state index in [2.05, 4.69) is 24.0 Å². The average molecular weight is 276 g/mol. The van der Waals surface area contributed by atoms with Crippen LogP contribution in [0, 0.1) is 5.41 Å². The molecule has 0 bridgehead atoms. The largest absolute Gasteiger partial charge is 0.326 e. The molecule has 19 heavy (non-hydrogen) atoms. The normalized spacial score (nSPS) is 26.7. The number of rotatable bonds is 2. The monoisotopic (exact) mass is 276 g/mol. The van der Waals surface area contributed by atoms with E-state index < -0.39 is 0 Å². The van der Waals surface area contributed by atoms with Gasteiger partial charge in [-0.05, 0) is 30.4 Å². The second kappa shape index (κ2) is 4.80. The highest BCUT2D eigenvalue weighted by Crippen LogP contribution is 2.41. The first-order valence-electron chi connectivity index (χ1n) is 6.80. The molecule has 2 unspecified atom stereocenters. The van der Waals surface area contributed by atoms with Crippen molar-refractivity contribution >= 4 is 17.4 Å². The summed E-state index contributed by atoms with van der Waals surface area (Å²) in [7, 11) is 0. The first-order valence-corrected chi connectivity index (χ1v) is 7.68. The van der Waals surface area contributed by atoms with Crippen LogP contribution < -0.4 is 5.73 Å². The maximum atomic E-state index is 6.44. The molecule has 0 aromatic carbocycles. The molecule has 2 atom stereocenters. The summed E-state index contributed by atoms with van der Waals surface area (Å²) in [6.45, 7) is 4.54. The molecule has 102 valence electrons. The number of fused-ring (bicyclic) bond motifs is 1. The Morgan fingerprint density at radius 1 is 1.37 bits per heavy atom. The second-order valence-corrected chi connectivity index (χ2v) is 7.18. The zero-order valence-corrected chi connectivity index (χ0v) is 12.2. The van der Waals surface area contributed by atoms with Crippen molar-refractivity contribution in [2.24, 2.45) is 11.1 Å². The van der Waals surface area contributed by atoms with Crippen molar-refractivity contribution in [2.45, 2.75) is 49.6 Å². The minimum Gasteiger partial charge on any atom is -0.326 e. The summed E-state index contributed by atoms with van der Waals surface area (Å²) in [6.07, 6.45) is 5.63. The summed E-state index contributed by atoms with van der Waals surface area (Å²) in [5.41, 5.74) is 7.55. The van der Waals surface area contributed by atoms with Crippen LogP contribution in [-0.4, -0.2) is 25.9 Å². The van der Waals surface area contributed by atoms with E-state index in [4.69, 9.17) is 5.73 Å². The maximum absolute atomic E-state index is 6.44. The molecule has 0 saturated heterocycles. The third kappa shape index (κ3) is 2.37. The van der Waals surface area contributed by atoms with E-state index in [9.17, 15) is 0 Å². The van der Waals surface area contributed by atoms with E-state index in [1.165, 1.54) is 12.8 Å². The molecular weight excluding hydrogens is 256 g/mol. The van der Waals surface area contributed by atoms with Crippen LogP contribution in [0.3, 0.4) is 0 Å². The van der Waals surface area contributed by atoms with Crippen LogP contribution >= 0.6 is 11.8 Å². The number of hydrogen-bond donors (Lipinski definition) is 1. The molecule has 4 nitrogen and oxygen atoms in total. The number of nitrogens with zero attached hydrogens (tertiary/aromatic N) is 3. The summed E-state index contributed by atoms with van der Waals surface area (Å²) in [5, 5.41) is 9.87. The van der Waals surface area contributed by atoms with Gasteiger partial charge in [0.2, 0.25) is 0 Å². The molecule has 3 rings (SSSR count). The quantitative estimate of drug-likeness (QED) is 0.916. The molecule has 2 N–H and O–H groups in total. The lowest BCUT2D eigenvalue weighted by molar-refractivity contribution is 0.208. The zero-order chi connectivity index (χ0) is 13.5. The van der Waals surface area contributed by atoms with Crippen molar-refractivity contribution in [3.63, 3.8) is 0 Å². The lowest BCUT2D eigenvalue weighted by Crippen LogP contribution is -2.48. The van der Waals surface area contributed by atoms with E-state index in [1.54, 1.807) is 11.8 Å². The minimum absolute atomic E-state index is 0.210. The molecule has 2 aromatic heterocycles. The van der Waals surface area contributed by atoms with Gasteiger partial charge >= 0.3 is 0 Å². The first-order chi connectivity index (χ1) is 9.08. The lowest BCUT2D eigenvalue weighted by Gasteiger charge is -2.41. The van der Waals surface area contributed by atoms with Crippen LogP contribution in [0.5, 0.6) is 0 Å². The van der Waals surface area contributed by atoms with E-state index in [-0.39, 0.29) is 11.5 Å². The predicted molar refractivity (Wildman–Crippen MR) is 78.2 cm³/mol. The topological polar surface area (TPSA) is 56.2 Å². The average Bonchev–Trinajstić information content (AvgIpc) is 2.79. The van der Waals surface area contributed by atoms with Gasteiger partial charge in [0, 0.05) is 17.5 Å². The number of aromatic nitrogens is 3. The number of nitrogens with two attached hydrogens (primary N) is 1. The van der Waals surface area contributed by atoms with Crippen LogP contribution in [0.25, 0.3) is 5.65 Å². The number of thioether (sulfide) groups is 1. The Kier molecular flexibility index (Phi) is 3.27. The SMILES string of the molecule is CC1(C)CCCC(Sc2nnc3ccccn23)C1N. The van der Waals surface area contributed by atoms with Gasteiger partial charge in [-0.1, -0.05) is 38.1 Å². The minimum atomic E-state index is 0.210. The van der Waals surface area contributed by atoms with Gasteiger partial charge in [0.1, 0.15) is 0 Å². The number of hydrogen-bond acceptors (Lipinski definition) is 4. The van der Waals surface area contributed by atoms with Crippen LogP contribution in [-0.2, 0) is 0 Å². The third-order valence-electron chi connectivity index (χ3n) is 4.15. The Labute approximate surface area is 117 Å². The first kappa shape index (κ1) is 12.9. The standard InChI is InChI=1S/C14H20N4S/c1-14(2)8-5-6-10(12(14)15)19-13-17-16-11-7-3-4-9-18(11)13/h3-4,7,9-10,12H,5-6,8,15H2,1-2H3. The van der Waals surface area contributed by atoms with Crippen LogP contribution in [0.2, 0.25) is 0 Å². The van der Waals surface area contributed by atoms with Gasteiger partial charge in [-0.15, -0.1) is 10.2 Å². The van der Waals surface area contributed by atoms with Gasteiger partial charge in [-0.3, -0.25) is 4.40 Å². The summed E-state index contributed by atoms with van der Waals surface area (Å²) < 4.78 is 2.04. The maximum Gasteiger partial charge on any atom is 0.195 e. The fourth-order valence-electron chi connectivity index (χ4n) is 2.78. The van der Waals surface area contributed by atoms with Gasteiger partial charge in [0.25, 0.3) is 0 Å². The molecule has 1 saturated carbocycles. The molecular formula is C14H20N4S. The molecule has 0 amide bonds. The van der Waals surface area contributed by atoms with Crippen molar-refractivity contribution in [3.8, 4) is 0 Å².